The van der Waals surface area contributed by atoms with E-state index in [0.29, 0.717) is 44.5 Å². The van der Waals surface area contributed by atoms with Gasteiger partial charge in [0.15, 0.2) is 0 Å². The van der Waals surface area contributed by atoms with Gasteiger partial charge in [0.2, 0.25) is 5.91 Å². The summed E-state index contributed by atoms with van der Waals surface area (Å²) >= 11 is 0. The van der Waals surface area contributed by atoms with Crippen molar-refractivity contribution in [2.75, 3.05) is 19.6 Å². The van der Waals surface area contributed by atoms with Gasteiger partial charge < -0.3 is 20.4 Å². The van der Waals surface area contributed by atoms with E-state index in [9.17, 15) is 19.8 Å². The Bertz CT molecular complexity index is 635. The number of aryl methyl sites for hydroxylation is 1. The van der Waals surface area contributed by atoms with Crippen molar-refractivity contribution in [1.29, 1.82) is 0 Å². The van der Waals surface area contributed by atoms with E-state index in [1.54, 1.807) is 17.0 Å². The lowest BCUT2D eigenvalue weighted by Crippen LogP contribution is -2.56. The fourth-order valence-corrected chi connectivity index (χ4v) is 3.57. The molecule has 23 heavy (non-hydrogen) atoms. The van der Waals surface area contributed by atoms with Crippen molar-refractivity contribution >= 4 is 11.8 Å². The molecule has 1 unspecified atom stereocenters. The molecule has 1 spiro atoms. The molecular weight excluding hydrogens is 296 g/mol. The molecule has 2 aliphatic heterocycles. The lowest BCUT2D eigenvalue weighted by Gasteiger charge is -2.44. The van der Waals surface area contributed by atoms with Gasteiger partial charge in [0.05, 0.1) is 17.1 Å². The van der Waals surface area contributed by atoms with Gasteiger partial charge in [-0.2, -0.15) is 0 Å². The van der Waals surface area contributed by atoms with Crippen LogP contribution in [0.4, 0.5) is 0 Å². The van der Waals surface area contributed by atoms with Gasteiger partial charge >= 0.3 is 0 Å². The third-order valence-corrected chi connectivity index (χ3v) is 5.00. The molecule has 2 heterocycles. The Kier molecular flexibility index (Phi) is 4.02. The Morgan fingerprint density at radius 3 is 2.74 bits per heavy atom. The highest BCUT2D eigenvalue weighted by molar-refractivity contribution is 5.97. The molecule has 6 nitrogen and oxygen atoms in total. The summed E-state index contributed by atoms with van der Waals surface area (Å²) in [6.45, 7) is 3.08. The van der Waals surface area contributed by atoms with Gasteiger partial charge in [-0.05, 0) is 38.3 Å². The number of aromatic hydroxyl groups is 1. The highest BCUT2D eigenvalue weighted by Gasteiger charge is 2.46. The van der Waals surface area contributed by atoms with Crippen molar-refractivity contribution in [1.82, 2.24) is 10.2 Å². The van der Waals surface area contributed by atoms with Crippen LogP contribution in [0.2, 0.25) is 0 Å². The molecular formula is C17H22N2O4. The monoisotopic (exact) mass is 318 g/mol. The Morgan fingerprint density at radius 2 is 2.04 bits per heavy atom. The van der Waals surface area contributed by atoms with Crippen molar-refractivity contribution < 1.29 is 19.8 Å². The van der Waals surface area contributed by atoms with Gasteiger partial charge in [-0.3, -0.25) is 9.59 Å². The number of amides is 2. The summed E-state index contributed by atoms with van der Waals surface area (Å²) in [6.07, 6.45) is 1.01. The van der Waals surface area contributed by atoms with Crippen molar-refractivity contribution in [3.05, 3.63) is 29.3 Å². The third-order valence-electron chi connectivity index (χ3n) is 5.00. The number of rotatable bonds is 1. The zero-order valence-corrected chi connectivity index (χ0v) is 13.2. The van der Waals surface area contributed by atoms with Crippen LogP contribution in [-0.2, 0) is 4.79 Å². The van der Waals surface area contributed by atoms with E-state index in [2.05, 4.69) is 5.32 Å². The minimum atomic E-state index is -0.566. The van der Waals surface area contributed by atoms with Gasteiger partial charge in [0.25, 0.3) is 5.91 Å². The topological polar surface area (TPSA) is 89.9 Å². The SMILES string of the molecule is Cc1ccc(O)c(C(=O)N2CCC3(CC2)CC(O)CNC3=O)c1. The molecule has 0 bridgehead atoms. The van der Waals surface area contributed by atoms with Crippen molar-refractivity contribution in [2.45, 2.75) is 32.3 Å². The lowest BCUT2D eigenvalue weighted by molar-refractivity contribution is -0.140. The number of β-amino-alcohol motifs (C(OH)–C–C–N with tert-alkyl or cyclic N) is 1. The normalized spacial score (nSPS) is 23.7. The molecule has 2 aliphatic rings. The second kappa shape index (κ2) is 5.85. The fraction of sp³-hybridized carbons (Fsp3) is 0.529. The summed E-state index contributed by atoms with van der Waals surface area (Å²) in [7, 11) is 0. The lowest BCUT2D eigenvalue weighted by atomic mass is 9.71. The number of piperidine rings is 2. The van der Waals surface area contributed by atoms with Crippen molar-refractivity contribution in [3.8, 4) is 5.75 Å². The molecule has 0 saturated carbocycles. The first-order valence-corrected chi connectivity index (χ1v) is 7.96. The van der Waals surface area contributed by atoms with Crippen LogP contribution in [0.3, 0.4) is 0 Å². The van der Waals surface area contributed by atoms with Crippen LogP contribution in [0.1, 0.15) is 35.2 Å². The number of hydrogen-bond donors (Lipinski definition) is 3. The Balaban J connectivity index is 1.72. The molecule has 2 saturated heterocycles. The maximum absolute atomic E-state index is 12.6. The molecule has 2 fully saturated rings. The summed E-state index contributed by atoms with van der Waals surface area (Å²) in [5, 5.41) is 22.5. The number of phenols is 1. The predicted molar refractivity (Wildman–Crippen MR) is 84.0 cm³/mol. The van der Waals surface area contributed by atoms with Gasteiger partial charge in [0, 0.05) is 19.6 Å². The molecule has 0 radical (unpaired) electrons. The summed E-state index contributed by atoms with van der Waals surface area (Å²) in [4.78, 5) is 26.5. The standard InChI is InChI=1S/C17H22N2O4/c1-11-2-3-14(21)13(8-11)15(22)19-6-4-17(5-7-19)9-12(20)10-18-16(17)23/h2-3,8,12,20-21H,4-7,9-10H2,1H3,(H,18,23). The first-order chi connectivity index (χ1) is 10.9. The molecule has 1 aromatic carbocycles. The van der Waals surface area contributed by atoms with E-state index >= 15 is 0 Å². The molecule has 3 N–H and O–H groups in total. The number of benzene rings is 1. The molecule has 2 amide bonds. The molecule has 124 valence electrons. The van der Waals surface area contributed by atoms with E-state index in [1.165, 1.54) is 6.07 Å². The molecule has 0 aromatic heterocycles. The predicted octanol–water partition coefficient (Wildman–Crippen LogP) is 0.804. The van der Waals surface area contributed by atoms with Crippen molar-refractivity contribution in [3.63, 3.8) is 0 Å². The van der Waals surface area contributed by atoms with Crippen LogP contribution in [0.5, 0.6) is 5.75 Å². The van der Waals surface area contributed by atoms with Crippen LogP contribution in [0.15, 0.2) is 18.2 Å². The summed E-state index contributed by atoms with van der Waals surface area (Å²) in [5.74, 6) is -0.252. The third kappa shape index (κ3) is 2.91. The van der Waals surface area contributed by atoms with E-state index in [-0.39, 0.29) is 17.6 Å². The van der Waals surface area contributed by atoms with Crippen LogP contribution in [0.25, 0.3) is 0 Å². The molecule has 3 rings (SSSR count). The Labute approximate surface area is 135 Å². The highest BCUT2D eigenvalue weighted by Crippen LogP contribution is 2.39. The van der Waals surface area contributed by atoms with Crippen LogP contribution >= 0.6 is 0 Å². The average molecular weight is 318 g/mol. The Morgan fingerprint density at radius 1 is 1.35 bits per heavy atom. The fourth-order valence-electron chi connectivity index (χ4n) is 3.57. The number of aliphatic hydroxyl groups is 1. The first kappa shape index (κ1) is 15.8. The van der Waals surface area contributed by atoms with Gasteiger partial charge in [-0.15, -0.1) is 0 Å². The number of phenolic OH excluding ortho intramolecular Hbond substituents is 1. The van der Waals surface area contributed by atoms with Crippen LogP contribution in [0, 0.1) is 12.3 Å². The second-order valence-electron chi connectivity index (χ2n) is 6.66. The number of nitrogens with zero attached hydrogens (tertiary/aromatic N) is 1. The second-order valence-corrected chi connectivity index (χ2v) is 6.66. The van der Waals surface area contributed by atoms with Crippen LogP contribution in [-0.4, -0.2) is 52.7 Å². The van der Waals surface area contributed by atoms with Gasteiger partial charge in [-0.1, -0.05) is 11.6 Å². The van der Waals surface area contributed by atoms with Crippen molar-refractivity contribution in [2.24, 2.45) is 5.41 Å². The Hall–Kier alpha value is -2.08. The number of carbonyl (C=O) groups is 2. The zero-order chi connectivity index (χ0) is 16.6. The largest absolute Gasteiger partial charge is 0.507 e. The molecule has 1 atom stereocenters. The summed E-state index contributed by atoms with van der Waals surface area (Å²) < 4.78 is 0. The maximum atomic E-state index is 12.6. The average Bonchev–Trinajstić information content (AvgIpc) is 2.54. The van der Waals surface area contributed by atoms with E-state index in [4.69, 9.17) is 0 Å². The first-order valence-electron chi connectivity index (χ1n) is 7.96. The number of nitrogens with one attached hydrogen (secondary N) is 1. The molecule has 0 aliphatic carbocycles. The zero-order valence-electron chi connectivity index (χ0n) is 13.2. The molecule has 1 aromatic rings. The quantitative estimate of drug-likeness (QED) is 0.714. The number of hydrogen-bond acceptors (Lipinski definition) is 4. The maximum Gasteiger partial charge on any atom is 0.257 e. The number of likely N-dealkylation sites (tertiary alicyclic amines) is 1. The number of aliphatic hydroxyl groups excluding tert-OH is 1. The van der Waals surface area contributed by atoms with E-state index in [1.807, 2.05) is 6.92 Å². The van der Waals surface area contributed by atoms with Crippen LogP contribution < -0.4 is 5.32 Å². The van der Waals surface area contributed by atoms with E-state index < -0.39 is 11.5 Å². The smallest absolute Gasteiger partial charge is 0.257 e. The van der Waals surface area contributed by atoms with E-state index in [0.717, 1.165) is 5.56 Å². The highest BCUT2D eigenvalue weighted by atomic mass is 16.3. The summed E-state index contributed by atoms with van der Waals surface area (Å²) in [5.41, 5.74) is 0.645. The summed E-state index contributed by atoms with van der Waals surface area (Å²) in [6, 6.07) is 4.96. The number of carbonyl (C=O) groups excluding carboxylic acids is 2. The minimum absolute atomic E-state index is 0.0201. The minimum Gasteiger partial charge on any atom is -0.507 e. The van der Waals surface area contributed by atoms with Gasteiger partial charge in [-0.25, -0.2) is 0 Å². The molecule has 6 heteroatoms. The van der Waals surface area contributed by atoms with Gasteiger partial charge in [0.1, 0.15) is 5.75 Å².